The third-order valence-electron chi connectivity index (χ3n) is 6.87. The Morgan fingerprint density at radius 2 is 1.62 bits per heavy atom. The van der Waals surface area contributed by atoms with Crippen molar-refractivity contribution in [2.24, 2.45) is 23.7 Å². The molecule has 0 atom stereocenters. The summed E-state index contributed by atoms with van der Waals surface area (Å²) in [6.07, 6.45) is 13.5. The summed E-state index contributed by atoms with van der Waals surface area (Å²) >= 11 is 0. The van der Waals surface area contributed by atoms with Gasteiger partial charge in [-0.2, -0.15) is 8.78 Å². The molecule has 0 radical (unpaired) electrons. The third kappa shape index (κ3) is 4.80. The van der Waals surface area contributed by atoms with Crippen molar-refractivity contribution in [3.63, 3.8) is 0 Å². The molecule has 24 heavy (non-hydrogen) atoms. The van der Waals surface area contributed by atoms with Gasteiger partial charge in [0.15, 0.2) is 0 Å². The van der Waals surface area contributed by atoms with Crippen molar-refractivity contribution in [1.82, 2.24) is 0 Å². The van der Waals surface area contributed by atoms with Gasteiger partial charge in [0.1, 0.15) is 0 Å². The summed E-state index contributed by atoms with van der Waals surface area (Å²) < 4.78 is 30.9. The Labute approximate surface area is 146 Å². The number of ether oxygens (including phenoxy) is 1. The first-order valence-corrected chi connectivity index (χ1v) is 10.3. The minimum atomic E-state index is -2.93. The molecule has 3 heteroatoms. The Bertz CT molecular complexity index is 416. The first-order chi connectivity index (χ1) is 11.6. The van der Waals surface area contributed by atoms with E-state index in [1.807, 2.05) is 0 Å². The van der Waals surface area contributed by atoms with E-state index < -0.39 is 6.11 Å². The van der Waals surface area contributed by atoms with Crippen molar-refractivity contribution >= 4 is 0 Å². The van der Waals surface area contributed by atoms with Crippen LogP contribution in [0.3, 0.4) is 0 Å². The lowest BCUT2D eigenvalue weighted by Gasteiger charge is -2.39. The highest BCUT2D eigenvalue weighted by molar-refractivity contribution is 5.11. The number of hydrogen-bond acceptors (Lipinski definition) is 1. The van der Waals surface area contributed by atoms with Crippen molar-refractivity contribution in [2.45, 2.75) is 90.1 Å². The third-order valence-corrected chi connectivity index (χ3v) is 6.87. The Balaban J connectivity index is 1.41. The van der Waals surface area contributed by atoms with Gasteiger partial charge in [-0.25, -0.2) is 0 Å². The van der Waals surface area contributed by atoms with E-state index in [-0.39, 0.29) is 13.0 Å². The van der Waals surface area contributed by atoms with Gasteiger partial charge < -0.3 is 4.74 Å². The Morgan fingerprint density at radius 1 is 1.00 bits per heavy atom. The summed E-state index contributed by atoms with van der Waals surface area (Å²) in [6, 6.07) is 0. The molecule has 3 aliphatic rings. The molecule has 0 saturated heterocycles. The highest BCUT2D eigenvalue weighted by Gasteiger charge is 2.36. The van der Waals surface area contributed by atoms with Crippen LogP contribution in [0.5, 0.6) is 0 Å². The van der Waals surface area contributed by atoms with Crippen LogP contribution >= 0.6 is 0 Å². The van der Waals surface area contributed by atoms with Crippen LogP contribution in [0.4, 0.5) is 8.78 Å². The molecule has 0 aromatic carbocycles. The highest BCUT2D eigenvalue weighted by Crippen LogP contribution is 2.44. The fraction of sp³-hybridized carbons (Fsp3) is 0.905. The first kappa shape index (κ1) is 18.4. The molecule has 1 nitrogen and oxygen atoms in total. The molecule has 2 saturated carbocycles. The SMILES string of the molecule is CCCCC1CCC(C2CCC(C3=CCC(F)(F)OC3)CC2)CC1. The van der Waals surface area contributed by atoms with Crippen LogP contribution in [-0.2, 0) is 4.74 Å². The van der Waals surface area contributed by atoms with Gasteiger partial charge in [0.05, 0.1) is 13.0 Å². The molecule has 1 aliphatic heterocycles. The second kappa shape index (κ2) is 8.29. The average Bonchev–Trinajstić information content (AvgIpc) is 2.61. The number of unbranched alkanes of at least 4 members (excludes halogenated alkanes) is 1. The van der Waals surface area contributed by atoms with Crippen molar-refractivity contribution < 1.29 is 13.5 Å². The minimum Gasteiger partial charge on any atom is -0.316 e. The number of alkyl halides is 2. The zero-order valence-corrected chi connectivity index (χ0v) is 15.2. The van der Waals surface area contributed by atoms with Crippen molar-refractivity contribution in [3.8, 4) is 0 Å². The molecule has 0 amide bonds. The summed E-state index contributed by atoms with van der Waals surface area (Å²) in [4.78, 5) is 0. The molecule has 0 aromatic rings. The van der Waals surface area contributed by atoms with Crippen LogP contribution in [-0.4, -0.2) is 12.7 Å². The molecule has 0 N–H and O–H groups in total. The minimum absolute atomic E-state index is 0.144. The molecular formula is C21H34F2O. The summed E-state index contributed by atoms with van der Waals surface area (Å²) in [5, 5.41) is 0. The standard InChI is InChI=1S/C21H34F2O/c1-2-3-4-16-5-7-17(8-6-16)18-9-11-19(12-10-18)20-13-14-21(22,23)24-15-20/h13,16-19H,2-12,14-15H2,1H3. The Morgan fingerprint density at radius 3 is 2.17 bits per heavy atom. The summed E-state index contributed by atoms with van der Waals surface area (Å²) in [7, 11) is 0. The van der Waals surface area contributed by atoms with Crippen LogP contribution in [0.2, 0.25) is 0 Å². The van der Waals surface area contributed by atoms with Crippen molar-refractivity contribution in [3.05, 3.63) is 11.6 Å². The molecule has 0 spiro atoms. The molecule has 2 aliphatic carbocycles. The van der Waals surface area contributed by atoms with Crippen LogP contribution in [0.15, 0.2) is 11.6 Å². The maximum absolute atomic E-state index is 13.1. The van der Waals surface area contributed by atoms with E-state index in [0.29, 0.717) is 5.92 Å². The number of rotatable bonds is 5. The molecule has 138 valence electrons. The Kier molecular flexibility index (Phi) is 6.34. The van der Waals surface area contributed by atoms with Crippen LogP contribution in [0.25, 0.3) is 0 Å². The molecule has 1 heterocycles. The number of hydrogen-bond donors (Lipinski definition) is 0. The van der Waals surface area contributed by atoms with E-state index in [2.05, 4.69) is 6.92 Å². The predicted molar refractivity (Wildman–Crippen MR) is 94.0 cm³/mol. The van der Waals surface area contributed by atoms with Gasteiger partial charge >= 0.3 is 6.11 Å². The molecular weight excluding hydrogens is 306 g/mol. The fourth-order valence-electron chi connectivity index (χ4n) is 5.24. The van der Waals surface area contributed by atoms with Gasteiger partial charge in [-0.1, -0.05) is 45.1 Å². The molecule has 3 rings (SSSR count). The van der Waals surface area contributed by atoms with E-state index in [1.165, 1.54) is 70.6 Å². The van der Waals surface area contributed by atoms with E-state index in [4.69, 9.17) is 4.74 Å². The quantitative estimate of drug-likeness (QED) is 0.504. The zero-order chi connectivity index (χ0) is 17.0. The Hall–Kier alpha value is -0.440. The lowest BCUT2D eigenvalue weighted by Crippen LogP contribution is -2.30. The number of halogens is 2. The first-order valence-electron chi connectivity index (χ1n) is 10.3. The van der Waals surface area contributed by atoms with E-state index in [9.17, 15) is 8.78 Å². The van der Waals surface area contributed by atoms with Crippen LogP contribution < -0.4 is 0 Å². The average molecular weight is 340 g/mol. The monoisotopic (exact) mass is 340 g/mol. The van der Waals surface area contributed by atoms with Crippen molar-refractivity contribution in [2.75, 3.05) is 6.61 Å². The topological polar surface area (TPSA) is 9.23 Å². The van der Waals surface area contributed by atoms with Gasteiger partial charge in [-0.3, -0.25) is 0 Å². The summed E-state index contributed by atoms with van der Waals surface area (Å²) in [5.41, 5.74) is 1.14. The summed E-state index contributed by atoms with van der Waals surface area (Å²) in [5.74, 6) is 3.31. The van der Waals surface area contributed by atoms with E-state index >= 15 is 0 Å². The van der Waals surface area contributed by atoms with Gasteiger partial charge in [0.2, 0.25) is 0 Å². The van der Waals surface area contributed by atoms with Gasteiger partial charge in [0, 0.05) is 0 Å². The molecule has 2 fully saturated rings. The second-order valence-electron chi connectivity index (χ2n) is 8.44. The molecule has 0 bridgehead atoms. The maximum atomic E-state index is 13.1. The predicted octanol–water partition coefficient (Wildman–Crippen LogP) is 6.73. The lowest BCUT2D eigenvalue weighted by molar-refractivity contribution is -0.236. The van der Waals surface area contributed by atoms with Crippen LogP contribution in [0.1, 0.15) is 84.0 Å². The van der Waals surface area contributed by atoms with Crippen molar-refractivity contribution in [1.29, 1.82) is 0 Å². The van der Waals surface area contributed by atoms with E-state index in [0.717, 1.165) is 23.3 Å². The normalized spacial score (nSPS) is 37.0. The summed E-state index contributed by atoms with van der Waals surface area (Å²) in [6.45, 7) is 2.43. The highest BCUT2D eigenvalue weighted by atomic mass is 19.3. The smallest absolute Gasteiger partial charge is 0.316 e. The van der Waals surface area contributed by atoms with Crippen LogP contribution in [0, 0.1) is 23.7 Å². The fourth-order valence-corrected chi connectivity index (χ4v) is 5.24. The lowest BCUT2D eigenvalue weighted by atomic mass is 9.67. The van der Waals surface area contributed by atoms with Gasteiger partial charge in [0.25, 0.3) is 0 Å². The maximum Gasteiger partial charge on any atom is 0.359 e. The van der Waals surface area contributed by atoms with E-state index in [1.54, 1.807) is 6.08 Å². The molecule has 0 unspecified atom stereocenters. The second-order valence-corrected chi connectivity index (χ2v) is 8.44. The van der Waals surface area contributed by atoms with Gasteiger partial charge in [-0.15, -0.1) is 0 Å². The zero-order valence-electron chi connectivity index (χ0n) is 15.2. The van der Waals surface area contributed by atoms with Gasteiger partial charge in [-0.05, 0) is 67.8 Å². The molecule has 0 aromatic heterocycles. The largest absolute Gasteiger partial charge is 0.359 e.